The van der Waals surface area contributed by atoms with E-state index in [9.17, 15) is 4.79 Å². The van der Waals surface area contributed by atoms with E-state index in [2.05, 4.69) is 16.9 Å². The van der Waals surface area contributed by atoms with E-state index in [1.165, 1.54) is 7.11 Å². The molecule has 1 aromatic heterocycles. The minimum absolute atomic E-state index is 0.218. The Hall–Kier alpha value is -2.23. The number of hydrogen-bond donors (Lipinski definition) is 0. The maximum atomic E-state index is 12.1. The third-order valence-electron chi connectivity index (χ3n) is 3.77. The second-order valence-electron chi connectivity index (χ2n) is 5.36. The van der Waals surface area contributed by atoms with Crippen LogP contribution in [-0.2, 0) is 9.53 Å². The normalized spacial score (nSPS) is 12.0. The molecule has 0 saturated heterocycles. The van der Waals surface area contributed by atoms with Gasteiger partial charge in [0.15, 0.2) is 5.82 Å². The zero-order valence-corrected chi connectivity index (χ0v) is 13.6. The van der Waals surface area contributed by atoms with Crippen LogP contribution in [0.3, 0.4) is 0 Å². The molecule has 0 amide bonds. The lowest BCUT2D eigenvalue weighted by molar-refractivity contribution is -0.142. The summed E-state index contributed by atoms with van der Waals surface area (Å²) in [7, 11) is 1.43. The molecule has 1 unspecified atom stereocenters. The van der Waals surface area contributed by atoms with Crippen molar-refractivity contribution in [2.45, 2.75) is 39.5 Å². The zero-order chi connectivity index (χ0) is 16.1. The van der Waals surface area contributed by atoms with Crippen molar-refractivity contribution in [3.8, 4) is 11.4 Å². The molecule has 0 aliphatic carbocycles. The Morgan fingerprint density at radius 2 is 1.73 bits per heavy atom. The van der Waals surface area contributed by atoms with Gasteiger partial charge < -0.3 is 4.74 Å². The van der Waals surface area contributed by atoms with Crippen LogP contribution in [0.1, 0.15) is 42.6 Å². The Bertz CT molecular complexity index is 630. The summed E-state index contributed by atoms with van der Waals surface area (Å²) < 4.78 is 4.95. The van der Waals surface area contributed by atoms with Gasteiger partial charge in [-0.3, -0.25) is 4.79 Å². The molecule has 1 heterocycles. The van der Waals surface area contributed by atoms with Gasteiger partial charge in [0.1, 0.15) is 0 Å². The molecular formula is C18H22N2O2. The fourth-order valence-corrected chi connectivity index (χ4v) is 2.76. The van der Waals surface area contributed by atoms with Gasteiger partial charge in [-0.2, -0.15) is 0 Å². The largest absolute Gasteiger partial charge is 0.469 e. The molecule has 116 valence electrons. The first-order valence-corrected chi connectivity index (χ1v) is 7.56. The maximum Gasteiger partial charge on any atom is 0.313 e. The third-order valence-corrected chi connectivity index (χ3v) is 3.77. The molecule has 1 atom stereocenters. The number of carbonyl (C=O) groups is 1. The van der Waals surface area contributed by atoms with Crippen molar-refractivity contribution < 1.29 is 9.53 Å². The van der Waals surface area contributed by atoms with Crippen molar-refractivity contribution in [1.82, 2.24) is 9.97 Å². The van der Waals surface area contributed by atoms with Crippen molar-refractivity contribution in [1.29, 1.82) is 0 Å². The fourth-order valence-electron chi connectivity index (χ4n) is 2.76. The number of aryl methyl sites for hydroxylation is 2. The summed E-state index contributed by atoms with van der Waals surface area (Å²) in [5, 5.41) is 0. The molecule has 4 nitrogen and oxygen atoms in total. The summed E-state index contributed by atoms with van der Waals surface area (Å²) in [6, 6.07) is 9.86. The van der Waals surface area contributed by atoms with Crippen LogP contribution < -0.4 is 0 Å². The number of aromatic nitrogens is 2. The van der Waals surface area contributed by atoms with Gasteiger partial charge in [-0.25, -0.2) is 9.97 Å². The molecule has 0 spiro atoms. The Labute approximate surface area is 131 Å². The first-order valence-electron chi connectivity index (χ1n) is 7.56. The number of ether oxygens (including phenoxy) is 1. The summed E-state index contributed by atoms with van der Waals surface area (Å²) >= 11 is 0. The molecule has 4 heteroatoms. The minimum Gasteiger partial charge on any atom is -0.469 e. The van der Waals surface area contributed by atoms with Crippen LogP contribution in [0.15, 0.2) is 30.3 Å². The van der Waals surface area contributed by atoms with Gasteiger partial charge in [0.25, 0.3) is 0 Å². The van der Waals surface area contributed by atoms with E-state index in [0.717, 1.165) is 35.4 Å². The van der Waals surface area contributed by atoms with Gasteiger partial charge in [-0.05, 0) is 20.3 Å². The van der Waals surface area contributed by atoms with E-state index < -0.39 is 0 Å². The number of hydrogen-bond acceptors (Lipinski definition) is 4. The number of methoxy groups -OCH3 is 1. The maximum absolute atomic E-state index is 12.1. The first-order chi connectivity index (χ1) is 10.6. The lowest BCUT2D eigenvalue weighted by Crippen LogP contribution is -2.18. The zero-order valence-electron chi connectivity index (χ0n) is 13.6. The Morgan fingerprint density at radius 1 is 1.14 bits per heavy atom. The van der Waals surface area contributed by atoms with Crippen LogP contribution in [0.25, 0.3) is 11.4 Å². The van der Waals surface area contributed by atoms with Crippen LogP contribution >= 0.6 is 0 Å². The number of nitrogens with zero attached hydrogens (tertiary/aromatic N) is 2. The monoisotopic (exact) mass is 298 g/mol. The van der Waals surface area contributed by atoms with Crippen LogP contribution in [0, 0.1) is 13.8 Å². The van der Waals surface area contributed by atoms with Crippen molar-refractivity contribution in [3.63, 3.8) is 0 Å². The molecule has 2 aromatic rings. The van der Waals surface area contributed by atoms with Crippen molar-refractivity contribution in [2.75, 3.05) is 7.11 Å². The van der Waals surface area contributed by atoms with Crippen LogP contribution in [0.4, 0.5) is 0 Å². The predicted octanol–water partition coefficient (Wildman–Crippen LogP) is 3.82. The number of carbonyl (C=O) groups excluding carboxylic acids is 1. The molecular weight excluding hydrogens is 276 g/mol. The second-order valence-corrected chi connectivity index (χ2v) is 5.36. The van der Waals surface area contributed by atoms with E-state index >= 15 is 0 Å². The average Bonchev–Trinajstić information content (AvgIpc) is 2.53. The summed E-state index contributed by atoms with van der Waals surface area (Å²) in [6.45, 7) is 5.92. The van der Waals surface area contributed by atoms with Crippen molar-refractivity contribution in [2.24, 2.45) is 0 Å². The lowest BCUT2D eigenvalue weighted by atomic mass is 9.92. The van der Waals surface area contributed by atoms with E-state index in [0.29, 0.717) is 5.82 Å². The molecule has 0 saturated carbocycles. The van der Waals surface area contributed by atoms with E-state index in [-0.39, 0.29) is 11.9 Å². The molecule has 0 bridgehead atoms. The standard InChI is InChI=1S/C18H22N2O2/c1-5-9-15(18(21)22-4)16-12(2)19-17(20-13(16)3)14-10-7-6-8-11-14/h6-8,10-11,15H,5,9H2,1-4H3. The number of esters is 1. The van der Waals surface area contributed by atoms with Crippen LogP contribution in [0.5, 0.6) is 0 Å². The highest BCUT2D eigenvalue weighted by molar-refractivity contribution is 5.78. The summed E-state index contributed by atoms with van der Waals surface area (Å²) in [4.78, 5) is 21.3. The minimum atomic E-state index is -0.292. The third kappa shape index (κ3) is 3.32. The summed E-state index contributed by atoms with van der Waals surface area (Å²) in [5.41, 5.74) is 3.56. The average molecular weight is 298 g/mol. The predicted molar refractivity (Wildman–Crippen MR) is 86.6 cm³/mol. The van der Waals surface area contributed by atoms with Crippen molar-refractivity contribution in [3.05, 3.63) is 47.3 Å². The van der Waals surface area contributed by atoms with Gasteiger partial charge in [0.05, 0.1) is 13.0 Å². The fraction of sp³-hybridized carbons (Fsp3) is 0.389. The Balaban J connectivity index is 2.48. The Morgan fingerprint density at radius 3 is 2.23 bits per heavy atom. The number of rotatable bonds is 5. The quantitative estimate of drug-likeness (QED) is 0.787. The molecule has 22 heavy (non-hydrogen) atoms. The highest BCUT2D eigenvalue weighted by Crippen LogP contribution is 2.29. The molecule has 0 radical (unpaired) electrons. The summed E-state index contributed by atoms with van der Waals surface area (Å²) in [5.74, 6) is 0.184. The van der Waals surface area contributed by atoms with Gasteiger partial charge in [-0.1, -0.05) is 43.7 Å². The van der Waals surface area contributed by atoms with E-state index in [4.69, 9.17) is 4.74 Å². The molecule has 0 N–H and O–H groups in total. The SMILES string of the molecule is CCCC(C(=O)OC)c1c(C)nc(-c2ccccc2)nc1C. The van der Waals surface area contributed by atoms with Crippen molar-refractivity contribution >= 4 is 5.97 Å². The van der Waals surface area contributed by atoms with Crippen LogP contribution in [-0.4, -0.2) is 23.0 Å². The Kier molecular flexibility index (Phi) is 5.26. The molecule has 0 fully saturated rings. The highest BCUT2D eigenvalue weighted by Gasteiger charge is 2.26. The molecule has 0 aliphatic heterocycles. The lowest BCUT2D eigenvalue weighted by Gasteiger charge is -2.18. The smallest absolute Gasteiger partial charge is 0.313 e. The molecule has 0 aliphatic rings. The first kappa shape index (κ1) is 16.1. The van der Waals surface area contributed by atoms with Gasteiger partial charge in [-0.15, -0.1) is 0 Å². The topological polar surface area (TPSA) is 52.1 Å². The van der Waals surface area contributed by atoms with E-state index in [1.54, 1.807) is 0 Å². The van der Waals surface area contributed by atoms with Crippen LogP contribution in [0.2, 0.25) is 0 Å². The number of benzene rings is 1. The highest BCUT2D eigenvalue weighted by atomic mass is 16.5. The van der Waals surface area contributed by atoms with Gasteiger partial charge in [0.2, 0.25) is 0 Å². The molecule has 1 aromatic carbocycles. The molecule has 2 rings (SSSR count). The second kappa shape index (κ2) is 7.16. The van der Waals surface area contributed by atoms with E-state index in [1.807, 2.05) is 44.2 Å². The van der Waals surface area contributed by atoms with Gasteiger partial charge >= 0.3 is 5.97 Å². The summed E-state index contributed by atoms with van der Waals surface area (Å²) in [6.07, 6.45) is 1.64. The van der Waals surface area contributed by atoms with Gasteiger partial charge in [0, 0.05) is 22.5 Å².